The number of nitrogens with zero attached hydrogens (tertiary/aromatic N) is 2. The Labute approximate surface area is 223 Å². The Morgan fingerprint density at radius 1 is 0.575 bits per heavy atom. The van der Waals surface area contributed by atoms with E-state index in [0.29, 0.717) is 28.1 Å². The van der Waals surface area contributed by atoms with Crippen LogP contribution < -0.4 is 8.37 Å². The van der Waals surface area contributed by atoms with Crippen LogP contribution in [0, 0.1) is 0 Å². The Hall–Kier alpha value is -4.18. The number of pyridine rings is 2. The molecule has 8 nitrogen and oxygen atoms in total. The molecule has 210 valence electrons. The van der Waals surface area contributed by atoms with E-state index in [1.54, 1.807) is 30.3 Å². The molecular weight excluding hydrogens is 590 g/mol. The Morgan fingerprint density at radius 2 is 1.07 bits per heavy atom. The predicted molar refractivity (Wildman–Crippen MR) is 130 cm³/mol. The van der Waals surface area contributed by atoms with Gasteiger partial charge in [-0.15, -0.1) is 0 Å². The van der Waals surface area contributed by atoms with Gasteiger partial charge in [0.1, 0.15) is 11.5 Å². The van der Waals surface area contributed by atoms with Gasteiger partial charge in [0.05, 0.1) is 17.1 Å². The van der Waals surface area contributed by atoms with E-state index in [9.17, 15) is 43.2 Å². The molecule has 0 spiro atoms. The second kappa shape index (κ2) is 10.4. The molecule has 2 aromatic carbocycles. The van der Waals surface area contributed by atoms with Crippen molar-refractivity contribution >= 4 is 20.2 Å². The topological polar surface area (TPSA) is 113 Å². The molecule has 4 aromatic rings. The summed E-state index contributed by atoms with van der Waals surface area (Å²) in [6.45, 7) is 0. The van der Waals surface area contributed by atoms with Crippen molar-refractivity contribution in [2.45, 2.75) is 11.0 Å². The first-order chi connectivity index (χ1) is 18.6. The highest BCUT2D eigenvalue weighted by Crippen LogP contribution is 2.36. The molecule has 0 aliphatic heterocycles. The molecule has 0 saturated heterocycles. The standard InChI is InChI=1S/C24H14F6N2O6S2/c25-23(26,27)39(33,34)37-17-8-4-15(5-9-17)19-12-13-21(20-3-1-2-14-31-20)32-22(19)16-6-10-18(11-7-16)38-40(35,36)24(28,29)30/h1-14H. The van der Waals surface area contributed by atoms with Crippen molar-refractivity contribution in [1.82, 2.24) is 9.97 Å². The molecule has 4 rings (SSSR count). The third kappa shape index (κ3) is 6.17. The van der Waals surface area contributed by atoms with Gasteiger partial charge in [0, 0.05) is 17.3 Å². The summed E-state index contributed by atoms with van der Waals surface area (Å²) in [6.07, 6.45) is 1.52. The lowest BCUT2D eigenvalue weighted by Crippen LogP contribution is -2.28. The van der Waals surface area contributed by atoms with Crippen molar-refractivity contribution in [3.8, 4) is 45.3 Å². The summed E-state index contributed by atoms with van der Waals surface area (Å²) in [5.74, 6) is -1.22. The van der Waals surface area contributed by atoms with E-state index in [2.05, 4.69) is 18.3 Å². The van der Waals surface area contributed by atoms with Gasteiger partial charge in [0.25, 0.3) is 0 Å². The van der Waals surface area contributed by atoms with E-state index < -0.39 is 42.8 Å². The van der Waals surface area contributed by atoms with Gasteiger partial charge in [-0.25, -0.2) is 4.98 Å². The zero-order chi connectivity index (χ0) is 29.3. The smallest absolute Gasteiger partial charge is 0.376 e. The van der Waals surface area contributed by atoms with Crippen LogP contribution in [0.1, 0.15) is 0 Å². The average Bonchev–Trinajstić information content (AvgIpc) is 2.88. The molecule has 2 heterocycles. The number of halogens is 6. The number of alkyl halides is 6. The maximum absolute atomic E-state index is 12.7. The van der Waals surface area contributed by atoms with Crippen molar-refractivity contribution in [3.63, 3.8) is 0 Å². The second-order valence-electron chi connectivity index (χ2n) is 7.82. The zero-order valence-corrected chi connectivity index (χ0v) is 21.1. The van der Waals surface area contributed by atoms with Gasteiger partial charge in [-0.2, -0.15) is 43.2 Å². The number of hydrogen-bond acceptors (Lipinski definition) is 8. The van der Waals surface area contributed by atoms with Gasteiger partial charge in [0.2, 0.25) is 0 Å². The Balaban J connectivity index is 1.74. The van der Waals surface area contributed by atoms with Gasteiger partial charge in [-0.05, 0) is 66.2 Å². The summed E-state index contributed by atoms with van der Waals surface area (Å²) in [5, 5.41) is 0. The monoisotopic (exact) mass is 604 g/mol. The van der Waals surface area contributed by atoms with E-state index >= 15 is 0 Å². The van der Waals surface area contributed by atoms with Crippen LogP contribution in [0.5, 0.6) is 11.5 Å². The fourth-order valence-corrected chi connectivity index (χ4v) is 4.19. The summed E-state index contributed by atoms with van der Waals surface area (Å²) in [4.78, 5) is 8.78. The van der Waals surface area contributed by atoms with Crippen LogP contribution >= 0.6 is 0 Å². The normalized spacial score (nSPS) is 12.7. The third-order valence-corrected chi connectivity index (χ3v) is 7.05. The fourth-order valence-electron chi connectivity index (χ4n) is 3.28. The van der Waals surface area contributed by atoms with Crippen LogP contribution in [0.25, 0.3) is 33.8 Å². The van der Waals surface area contributed by atoms with Crippen molar-refractivity contribution < 1.29 is 51.5 Å². The van der Waals surface area contributed by atoms with Gasteiger partial charge < -0.3 is 8.37 Å². The fraction of sp³-hybridized carbons (Fsp3) is 0.0833. The maximum Gasteiger partial charge on any atom is 0.534 e. The maximum atomic E-state index is 12.7. The molecule has 40 heavy (non-hydrogen) atoms. The third-order valence-electron chi connectivity index (χ3n) is 5.09. The first-order valence-electron chi connectivity index (χ1n) is 10.7. The van der Waals surface area contributed by atoms with Gasteiger partial charge in [0.15, 0.2) is 0 Å². The van der Waals surface area contributed by atoms with Gasteiger partial charge in [-0.3, -0.25) is 4.98 Å². The molecule has 0 saturated carbocycles. The van der Waals surface area contributed by atoms with Gasteiger partial charge in [-0.1, -0.05) is 18.2 Å². The molecule has 16 heteroatoms. The summed E-state index contributed by atoms with van der Waals surface area (Å²) in [7, 11) is -11.8. The summed E-state index contributed by atoms with van der Waals surface area (Å²) in [6, 6.07) is 17.2. The van der Waals surface area contributed by atoms with E-state index in [1.807, 2.05) is 0 Å². The first kappa shape index (κ1) is 28.8. The number of benzene rings is 2. The number of hydrogen-bond donors (Lipinski definition) is 0. The van der Waals surface area contributed by atoms with Crippen LogP contribution in [0.4, 0.5) is 26.3 Å². The van der Waals surface area contributed by atoms with Crippen molar-refractivity contribution in [2.75, 3.05) is 0 Å². The lowest BCUT2D eigenvalue weighted by Gasteiger charge is -2.14. The van der Waals surface area contributed by atoms with Crippen molar-refractivity contribution in [2.24, 2.45) is 0 Å². The minimum absolute atomic E-state index is 0.227. The lowest BCUT2D eigenvalue weighted by molar-refractivity contribution is -0.0504. The van der Waals surface area contributed by atoms with Gasteiger partial charge >= 0.3 is 31.3 Å². The summed E-state index contributed by atoms with van der Waals surface area (Å²) >= 11 is 0. The lowest BCUT2D eigenvalue weighted by atomic mass is 9.98. The molecule has 2 aromatic heterocycles. The summed E-state index contributed by atoms with van der Waals surface area (Å²) in [5.41, 5.74) is -9.16. The first-order valence-corrected chi connectivity index (χ1v) is 13.5. The zero-order valence-electron chi connectivity index (χ0n) is 19.5. The van der Waals surface area contributed by atoms with Crippen molar-refractivity contribution in [3.05, 3.63) is 85.1 Å². The second-order valence-corrected chi connectivity index (χ2v) is 10.9. The minimum atomic E-state index is -5.90. The average molecular weight is 605 g/mol. The molecule has 0 unspecified atom stereocenters. The highest BCUT2D eigenvalue weighted by Gasteiger charge is 2.49. The molecule has 0 amide bonds. The van der Waals surface area contributed by atoms with Crippen LogP contribution in [-0.4, -0.2) is 37.8 Å². The Kier molecular flexibility index (Phi) is 7.51. The minimum Gasteiger partial charge on any atom is -0.376 e. The van der Waals surface area contributed by atoms with Crippen molar-refractivity contribution in [1.29, 1.82) is 0 Å². The van der Waals surface area contributed by atoms with E-state index in [-0.39, 0.29) is 5.69 Å². The van der Waals surface area contributed by atoms with Crippen LogP contribution in [0.2, 0.25) is 0 Å². The van der Waals surface area contributed by atoms with E-state index in [1.165, 1.54) is 30.5 Å². The number of rotatable bonds is 7. The Morgan fingerprint density at radius 3 is 1.52 bits per heavy atom. The molecule has 0 aliphatic carbocycles. The Bertz CT molecular complexity index is 1730. The molecule has 0 atom stereocenters. The molecule has 0 aliphatic rings. The quantitative estimate of drug-likeness (QED) is 0.145. The number of aromatic nitrogens is 2. The molecular formula is C24H14F6N2O6S2. The summed E-state index contributed by atoms with van der Waals surface area (Å²) < 4.78 is 129. The predicted octanol–water partition coefficient (Wildman–Crippen LogP) is 5.93. The SMILES string of the molecule is O=S(=O)(Oc1ccc(-c2ccc(-c3ccccn3)nc2-c2ccc(OS(=O)(=O)C(F)(F)F)cc2)cc1)C(F)(F)F. The molecule has 0 N–H and O–H groups in total. The highest BCUT2D eigenvalue weighted by molar-refractivity contribution is 7.88. The van der Waals surface area contributed by atoms with Crippen LogP contribution in [0.15, 0.2) is 85.1 Å². The molecule has 0 bridgehead atoms. The van der Waals surface area contributed by atoms with E-state index in [4.69, 9.17) is 0 Å². The molecule has 0 radical (unpaired) electrons. The largest absolute Gasteiger partial charge is 0.534 e. The molecule has 0 fully saturated rings. The van der Waals surface area contributed by atoms with Crippen LogP contribution in [0.3, 0.4) is 0 Å². The highest BCUT2D eigenvalue weighted by atomic mass is 32.2. The van der Waals surface area contributed by atoms with Crippen LogP contribution in [-0.2, 0) is 20.2 Å². The van der Waals surface area contributed by atoms with E-state index in [0.717, 1.165) is 24.3 Å².